The second-order valence-corrected chi connectivity index (χ2v) is 4.10. The van der Waals surface area contributed by atoms with E-state index < -0.39 is 4.92 Å². The molecule has 0 N–H and O–H groups in total. The second kappa shape index (κ2) is 4.40. The Morgan fingerprint density at radius 1 is 1.38 bits per heavy atom. The maximum atomic E-state index is 10.6. The summed E-state index contributed by atoms with van der Waals surface area (Å²) >= 11 is 0. The van der Waals surface area contributed by atoms with Crippen molar-refractivity contribution in [1.29, 1.82) is 0 Å². The number of halogens is 1. The molecule has 1 aliphatic rings. The summed E-state index contributed by atoms with van der Waals surface area (Å²) < 4.78 is 0. The van der Waals surface area contributed by atoms with Gasteiger partial charge in [0.25, 0.3) is 5.69 Å². The summed E-state index contributed by atoms with van der Waals surface area (Å²) in [4.78, 5) is 10.2. The van der Waals surface area contributed by atoms with Crippen LogP contribution in [0.2, 0.25) is 0 Å². The summed E-state index contributed by atoms with van der Waals surface area (Å²) in [6.45, 7) is 3.99. The summed E-state index contributed by atoms with van der Waals surface area (Å²) in [5.41, 5.74) is 1.51. The van der Waals surface area contributed by atoms with Crippen molar-refractivity contribution in [2.75, 3.05) is 0 Å². The van der Waals surface area contributed by atoms with Crippen LogP contribution in [0.4, 0.5) is 11.4 Å². The maximum absolute atomic E-state index is 10.6. The van der Waals surface area contributed by atoms with Gasteiger partial charge in [-0.15, -0.1) is 24.0 Å². The molecule has 0 amide bonds. The fourth-order valence-electron chi connectivity index (χ4n) is 1.53. The van der Waals surface area contributed by atoms with Crippen LogP contribution in [0.5, 0.6) is 0 Å². The largest absolute Gasteiger partial charge is 0.275 e. The minimum atomic E-state index is -0.395. The third-order valence-electron chi connectivity index (χ3n) is 2.30. The van der Waals surface area contributed by atoms with Gasteiger partial charge in [-0.05, 0) is 19.9 Å². The molecular weight excluding hydrogens is 319 g/mol. The molecule has 0 spiro atoms. The highest BCUT2D eigenvalue weighted by molar-refractivity contribution is 14.0. The fraction of sp³-hybridized carbons (Fsp3) is 0.273. The quantitative estimate of drug-likeness (QED) is 0.451. The number of rotatable bonds is 1. The van der Waals surface area contributed by atoms with Crippen molar-refractivity contribution in [3.05, 3.63) is 40.0 Å². The second-order valence-electron chi connectivity index (χ2n) is 4.10. The van der Waals surface area contributed by atoms with Gasteiger partial charge in [0.1, 0.15) is 0 Å². The van der Waals surface area contributed by atoms with E-state index in [2.05, 4.69) is 5.32 Å². The Kier molecular flexibility index (Phi) is 3.57. The van der Waals surface area contributed by atoms with Crippen LogP contribution >= 0.6 is 24.0 Å². The highest BCUT2D eigenvalue weighted by Gasteiger charge is 2.22. The first kappa shape index (κ1) is 13.0. The normalized spacial score (nSPS) is 15.6. The zero-order valence-electron chi connectivity index (χ0n) is 9.01. The number of nitrogens with zero attached hydrogens (tertiary/aromatic N) is 2. The number of hydrogen-bond acceptors (Lipinski definition) is 2. The van der Waals surface area contributed by atoms with Gasteiger partial charge >= 0.3 is 0 Å². The smallest absolute Gasteiger partial charge is 0.270 e. The molecular formula is C11H12IN2O2. The lowest BCUT2D eigenvalue weighted by molar-refractivity contribution is -0.384. The van der Waals surface area contributed by atoms with Gasteiger partial charge in [-0.25, -0.2) is 0 Å². The minimum absolute atomic E-state index is 0. The van der Waals surface area contributed by atoms with Gasteiger partial charge in [-0.2, -0.15) is 0 Å². The van der Waals surface area contributed by atoms with E-state index in [1.54, 1.807) is 12.1 Å². The Bertz CT molecular complexity index is 455. The van der Waals surface area contributed by atoms with Crippen LogP contribution in [0.1, 0.15) is 19.4 Å². The highest BCUT2D eigenvalue weighted by atomic mass is 127. The van der Waals surface area contributed by atoms with Crippen LogP contribution in [0.25, 0.3) is 6.08 Å². The lowest BCUT2D eigenvalue weighted by Crippen LogP contribution is -2.29. The third-order valence-corrected chi connectivity index (χ3v) is 2.30. The summed E-state index contributed by atoms with van der Waals surface area (Å²) in [6.07, 6.45) is 3.83. The molecule has 1 aliphatic heterocycles. The van der Waals surface area contributed by atoms with Crippen molar-refractivity contribution in [2.45, 2.75) is 19.4 Å². The Balaban J connectivity index is 0.00000128. The molecule has 0 atom stereocenters. The number of nitro groups is 1. The molecule has 0 bridgehead atoms. The highest BCUT2D eigenvalue weighted by Crippen LogP contribution is 2.30. The van der Waals surface area contributed by atoms with Crippen LogP contribution in [0.15, 0.2) is 24.3 Å². The van der Waals surface area contributed by atoms with Crippen molar-refractivity contribution >= 4 is 41.4 Å². The maximum Gasteiger partial charge on any atom is 0.270 e. The molecule has 1 heterocycles. The van der Waals surface area contributed by atoms with Crippen LogP contribution in [0.3, 0.4) is 0 Å². The molecule has 1 aromatic rings. The standard InChI is InChI=1S/C11H11N2O2.HI/c1-11(2)6-5-8-7-9(13(14)15)3-4-10(8)12-11;/h3-7H,1-2H3;1H. The van der Waals surface area contributed by atoms with Crippen molar-refractivity contribution in [3.63, 3.8) is 0 Å². The minimum Gasteiger partial charge on any atom is -0.275 e. The third kappa shape index (κ3) is 2.52. The van der Waals surface area contributed by atoms with E-state index in [9.17, 15) is 10.1 Å². The average Bonchev–Trinajstić information content (AvgIpc) is 2.15. The van der Waals surface area contributed by atoms with Crippen LogP contribution < -0.4 is 5.32 Å². The van der Waals surface area contributed by atoms with Crippen molar-refractivity contribution in [2.24, 2.45) is 0 Å². The molecule has 0 saturated carbocycles. The van der Waals surface area contributed by atoms with E-state index in [0.717, 1.165) is 11.3 Å². The summed E-state index contributed by atoms with van der Waals surface area (Å²) in [5.74, 6) is 0. The van der Waals surface area contributed by atoms with Crippen LogP contribution in [-0.2, 0) is 0 Å². The number of nitro benzene ring substituents is 1. The first-order valence-electron chi connectivity index (χ1n) is 4.68. The fourth-order valence-corrected chi connectivity index (χ4v) is 1.53. The molecule has 16 heavy (non-hydrogen) atoms. The Morgan fingerprint density at radius 2 is 2.06 bits per heavy atom. The number of non-ortho nitro benzene ring substituents is 1. The molecule has 4 nitrogen and oxygen atoms in total. The van der Waals surface area contributed by atoms with Crippen LogP contribution in [-0.4, -0.2) is 10.5 Å². The Morgan fingerprint density at radius 3 is 2.69 bits per heavy atom. The van der Waals surface area contributed by atoms with E-state index in [4.69, 9.17) is 0 Å². The molecule has 0 aliphatic carbocycles. The average molecular weight is 331 g/mol. The van der Waals surface area contributed by atoms with E-state index in [1.165, 1.54) is 6.07 Å². The zero-order chi connectivity index (χ0) is 11.1. The number of hydrogen-bond donors (Lipinski definition) is 0. The van der Waals surface area contributed by atoms with Crippen molar-refractivity contribution < 1.29 is 4.92 Å². The van der Waals surface area contributed by atoms with Gasteiger partial charge in [0.05, 0.1) is 16.1 Å². The van der Waals surface area contributed by atoms with E-state index >= 15 is 0 Å². The van der Waals surface area contributed by atoms with Gasteiger partial charge in [0.2, 0.25) is 0 Å². The monoisotopic (exact) mass is 331 g/mol. The van der Waals surface area contributed by atoms with E-state index in [1.807, 2.05) is 26.0 Å². The van der Waals surface area contributed by atoms with Crippen molar-refractivity contribution in [1.82, 2.24) is 5.32 Å². The van der Waals surface area contributed by atoms with E-state index in [-0.39, 0.29) is 35.2 Å². The Hall–Kier alpha value is -1.11. The van der Waals surface area contributed by atoms with Crippen LogP contribution in [0, 0.1) is 10.1 Å². The molecule has 1 aromatic carbocycles. The SMILES string of the molecule is CC1(C)C=Cc2cc([N+](=O)[O-])ccc2[N]1.I. The predicted octanol–water partition coefficient (Wildman–Crippen LogP) is 3.25. The first-order chi connectivity index (χ1) is 6.98. The van der Waals surface area contributed by atoms with Gasteiger partial charge in [0.15, 0.2) is 0 Å². The molecule has 5 heteroatoms. The number of benzene rings is 1. The molecule has 0 aromatic heterocycles. The molecule has 2 rings (SSSR count). The lowest BCUT2D eigenvalue weighted by atomic mass is 9.97. The Labute approximate surface area is 111 Å². The van der Waals surface area contributed by atoms with Crippen molar-refractivity contribution in [3.8, 4) is 0 Å². The number of fused-ring (bicyclic) bond motifs is 1. The summed E-state index contributed by atoms with van der Waals surface area (Å²) in [7, 11) is 0. The summed E-state index contributed by atoms with van der Waals surface area (Å²) in [5, 5.41) is 15.0. The molecule has 1 radical (unpaired) electrons. The molecule has 0 fully saturated rings. The zero-order valence-corrected chi connectivity index (χ0v) is 11.3. The van der Waals surface area contributed by atoms with Gasteiger partial charge in [-0.3, -0.25) is 15.4 Å². The first-order valence-corrected chi connectivity index (χ1v) is 4.68. The molecule has 85 valence electrons. The predicted molar refractivity (Wildman–Crippen MR) is 73.4 cm³/mol. The van der Waals surface area contributed by atoms with Gasteiger partial charge in [0, 0.05) is 17.7 Å². The topological polar surface area (TPSA) is 57.2 Å². The summed E-state index contributed by atoms with van der Waals surface area (Å²) in [6, 6.07) is 4.72. The van der Waals surface area contributed by atoms with E-state index in [0.29, 0.717) is 0 Å². The van der Waals surface area contributed by atoms with Gasteiger partial charge in [-0.1, -0.05) is 12.2 Å². The van der Waals surface area contributed by atoms with Gasteiger partial charge < -0.3 is 0 Å². The lowest BCUT2D eigenvalue weighted by Gasteiger charge is -2.25. The molecule has 0 saturated heterocycles. The molecule has 0 unspecified atom stereocenters.